The maximum Gasteiger partial charge on any atom is 0.160 e. The van der Waals surface area contributed by atoms with Crippen molar-refractivity contribution in [2.45, 2.75) is 33.2 Å². The van der Waals surface area contributed by atoms with Gasteiger partial charge in [-0.15, -0.1) is 0 Å². The summed E-state index contributed by atoms with van der Waals surface area (Å²) in [5.74, 6) is 0.151. The van der Waals surface area contributed by atoms with Crippen LogP contribution in [-0.2, 0) is 0 Å². The first-order chi connectivity index (χ1) is 10.0. The summed E-state index contributed by atoms with van der Waals surface area (Å²) in [6.45, 7) is 7.11. The van der Waals surface area contributed by atoms with E-state index in [1.165, 1.54) is 12.1 Å². The largest absolute Gasteiger partial charge is 0.310 e. The van der Waals surface area contributed by atoms with Crippen LogP contribution in [0.2, 0.25) is 5.02 Å². The van der Waals surface area contributed by atoms with E-state index in [1.54, 1.807) is 6.07 Å². The molecular formula is C16H19ClFN3. The topological polar surface area (TPSA) is 37.8 Å². The van der Waals surface area contributed by atoms with Gasteiger partial charge in [-0.3, -0.25) is 0 Å². The van der Waals surface area contributed by atoms with Gasteiger partial charge in [0.1, 0.15) is 5.82 Å². The monoisotopic (exact) mass is 307 g/mol. The Kier molecular flexibility index (Phi) is 5.26. The third-order valence-corrected chi connectivity index (χ3v) is 3.67. The molecule has 0 amide bonds. The summed E-state index contributed by atoms with van der Waals surface area (Å²) >= 11 is 6.05. The highest BCUT2D eigenvalue weighted by molar-refractivity contribution is 6.33. The lowest BCUT2D eigenvalue weighted by Gasteiger charge is -2.16. The number of aromatic nitrogens is 2. The van der Waals surface area contributed by atoms with Gasteiger partial charge in [-0.25, -0.2) is 14.4 Å². The molecule has 1 unspecified atom stereocenters. The number of benzene rings is 1. The molecule has 1 atom stereocenters. The molecule has 0 fully saturated rings. The minimum Gasteiger partial charge on any atom is -0.310 e. The molecule has 1 N–H and O–H groups in total. The van der Waals surface area contributed by atoms with Crippen LogP contribution in [0, 0.1) is 12.7 Å². The summed E-state index contributed by atoms with van der Waals surface area (Å²) in [5, 5.41) is 3.73. The summed E-state index contributed by atoms with van der Waals surface area (Å²) in [6.07, 6.45) is 2.89. The fraction of sp³-hybridized carbons (Fsp3) is 0.375. The molecule has 1 heterocycles. The summed E-state index contributed by atoms with van der Waals surface area (Å²) in [7, 11) is 0. The lowest BCUT2D eigenvalue weighted by Crippen LogP contribution is -2.20. The van der Waals surface area contributed by atoms with Gasteiger partial charge in [0.25, 0.3) is 0 Å². The molecule has 112 valence electrons. The van der Waals surface area contributed by atoms with Gasteiger partial charge in [-0.2, -0.15) is 0 Å². The number of hydrogen-bond acceptors (Lipinski definition) is 3. The van der Waals surface area contributed by atoms with Crippen molar-refractivity contribution in [1.82, 2.24) is 15.3 Å². The first kappa shape index (κ1) is 15.9. The standard InChI is InChI=1S/C16H19ClFN3/c1-4-7-19-10(2)14-9-20-16(21-11(14)3)13-6-5-12(18)8-15(13)17/h5-6,8-10,19H,4,7H2,1-3H3. The molecule has 21 heavy (non-hydrogen) atoms. The second kappa shape index (κ2) is 6.96. The highest BCUT2D eigenvalue weighted by atomic mass is 35.5. The van der Waals surface area contributed by atoms with Gasteiger partial charge in [-0.1, -0.05) is 18.5 Å². The Morgan fingerprint density at radius 2 is 2.14 bits per heavy atom. The zero-order chi connectivity index (χ0) is 15.4. The Morgan fingerprint density at radius 1 is 1.38 bits per heavy atom. The molecule has 5 heteroatoms. The summed E-state index contributed by atoms with van der Waals surface area (Å²) in [5.41, 5.74) is 2.60. The molecule has 0 aliphatic rings. The smallest absolute Gasteiger partial charge is 0.160 e. The van der Waals surface area contributed by atoms with E-state index in [2.05, 4.69) is 29.1 Å². The first-order valence-corrected chi connectivity index (χ1v) is 7.43. The molecule has 3 nitrogen and oxygen atoms in total. The molecule has 1 aromatic carbocycles. The Labute approximate surface area is 129 Å². The number of hydrogen-bond donors (Lipinski definition) is 1. The average molecular weight is 308 g/mol. The molecule has 0 radical (unpaired) electrons. The highest BCUT2D eigenvalue weighted by Crippen LogP contribution is 2.27. The van der Waals surface area contributed by atoms with Crippen LogP contribution < -0.4 is 5.32 Å². The maximum atomic E-state index is 13.1. The maximum absolute atomic E-state index is 13.1. The number of halogens is 2. The van der Waals surface area contributed by atoms with Gasteiger partial charge in [0.2, 0.25) is 0 Å². The van der Waals surface area contributed by atoms with E-state index in [4.69, 9.17) is 11.6 Å². The van der Waals surface area contributed by atoms with Crippen molar-refractivity contribution in [3.8, 4) is 11.4 Å². The number of rotatable bonds is 5. The summed E-state index contributed by atoms with van der Waals surface area (Å²) in [6, 6.07) is 4.43. The predicted octanol–water partition coefficient (Wildman–Crippen LogP) is 4.31. The zero-order valence-electron chi connectivity index (χ0n) is 12.5. The molecular weight excluding hydrogens is 289 g/mol. The molecule has 0 aliphatic carbocycles. The second-order valence-corrected chi connectivity index (χ2v) is 5.44. The van der Waals surface area contributed by atoms with Crippen LogP contribution >= 0.6 is 11.6 Å². The van der Waals surface area contributed by atoms with Crippen LogP contribution in [0.1, 0.15) is 37.6 Å². The number of nitrogens with one attached hydrogen (secondary N) is 1. The normalized spacial score (nSPS) is 12.4. The van der Waals surface area contributed by atoms with Gasteiger partial charge >= 0.3 is 0 Å². The van der Waals surface area contributed by atoms with Crippen LogP contribution in [0.4, 0.5) is 4.39 Å². The predicted molar refractivity (Wildman–Crippen MR) is 83.9 cm³/mol. The molecule has 0 bridgehead atoms. The minimum absolute atomic E-state index is 0.197. The van der Waals surface area contributed by atoms with Crippen LogP contribution in [0.25, 0.3) is 11.4 Å². The van der Waals surface area contributed by atoms with E-state index in [0.717, 1.165) is 24.2 Å². The van der Waals surface area contributed by atoms with Crippen molar-refractivity contribution in [2.24, 2.45) is 0 Å². The molecule has 2 aromatic rings. The summed E-state index contributed by atoms with van der Waals surface area (Å²) < 4.78 is 13.1. The van der Waals surface area contributed by atoms with Crippen LogP contribution in [-0.4, -0.2) is 16.5 Å². The van der Waals surface area contributed by atoms with Crippen molar-refractivity contribution >= 4 is 11.6 Å². The van der Waals surface area contributed by atoms with Gasteiger partial charge in [-0.05, 0) is 45.0 Å². The molecule has 0 saturated heterocycles. The lowest BCUT2D eigenvalue weighted by atomic mass is 10.1. The first-order valence-electron chi connectivity index (χ1n) is 7.05. The van der Waals surface area contributed by atoms with Gasteiger partial charge < -0.3 is 5.32 Å². The van der Waals surface area contributed by atoms with Crippen molar-refractivity contribution < 1.29 is 4.39 Å². The third-order valence-electron chi connectivity index (χ3n) is 3.36. The third kappa shape index (κ3) is 3.77. The lowest BCUT2D eigenvalue weighted by molar-refractivity contribution is 0.564. The van der Waals surface area contributed by atoms with E-state index >= 15 is 0 Å². The van der Waals surface area contributed by atoms with Crippen molar-refractivity contribution in [1.29, 1.82) is 0 Å². The Bertz CT molecular complexity index is 631. The van der Waals surface area contributed by atoms with Gasteiger partial charge in [0, 0.05) is 29.1 Å². The van der Waals surface area contributed by atoms with Crippen molar-refractivity contribution in [3.05, 3.63) is 46.5 Å². The molecule has 2 rings (SSSR count). The Balaban J connectivity index is 2.30. The zero-order valence-corrected chi connectivity index (χ0v) is 13.2. The second-order valence-electron chi connectivity index (χ2n) is 5.03. The molecule has 0 saturated carbocycles. The van der Waals surface area contributed by atoms with Crippen LogP contribution in [0.3, 0.4) is 0 Å². The fourth-order valence-corrected chi connectivity index (χ4v) is 2.42. The van der Waals surface area contributed by atoms with E-state index in [1.807, 2.05) is 13.1 Å². The molecule has 0 spiro atoms. The van der Waals surface area contributed by atoms with Crippen LogP contribution in [0.15, 0.2) is 24.4 Å². The fourth-order valence-electron chi connectivity index (χ4n) is 2.17. The van der Waals surface area contributed by atoms with E-state index in [9.17, 15) is 4.39 Å². The molecule has 1 aromatic heterocycles. The highest BCUT2D eigenvalue weighted by Gasteiger charge is 2.13. The number of nitrogens with zero attached hydrogens (tertiary/aromatic N) is 2. The summed E-state index contributed by atoms with van der Waals surface area (Å²) in [4.78, 5) is 8.88. The Morgan fingerprint density at radius 3 is 2.76 bits per heavy atom. The van der Waals surface area contributed by atoms with Crippen LogP contribution in [0.5, 0.6) is 0 Å². The number of aryl methyl sites for hydroxylation is 1. The van der Waals surface area contributed by atoms with Gasteiger partial charge in [0.05, 0.1) is 5.02 Å². The average Bonchev–Trinajstić information content (AvgIpc) is 2.44. The Hall–Kier alpha value is -1.52. The minimum atomic E-state index is -0.366. The van der Waals surface area contributed by atoms with E-state index in [-0.39, 0.29) is 11.9 Å². The van der Waals surface area contributed by atoms with Gasteiger partial charge in [0.15, 0.2) is 5.82 Å². The van der Waals surface area contributed by atoms with E-state index < -0.39 is 0 Å². The van der Waals surface area contributed by atoms with E-state index in [0.29, 0.717) is 16.4 Å². The van der Waals surface area contributed by atoms with Crippen molar-refractivity contribution in [2.75, 3.05) is 6.54 Å². The quantitative estimate of drug-likeness (QED) is 0.894. The molecule has 0 aliphatic heterocycles. The SMILES string of the molecule is CCCNC(C)c1cnc(-c2ccc(F)cc2Cl)nc1C. The van der Waals surface area contributed by atoms with Crippen molar-refractivity contribution in [3.63, 3.8) is 0 Å².